The Morgan fingerprint density at radius 3 is 1.95 bits per heavy atom. The molecule has 2 aromatic rings. The molecule has 21 heavy (non-hydrogen) atoms. The quantitative estimate of drug-likeness (QED) is 0.392. The maximum absolute atomic E-state index is 13.5. The van der Waals surface area contributed by atoms with E-state index in [2.05, 4.69) is 5.32 Å². The van der Waals surface area contributed by atoms with Crippen LogP contribution in [0, 0.1) is 29.1 Å². The van der Waals surface area contributed by atoms with Crippen LogP contribution in [0.5, 0.6) is 11.5 Å². The Morgan fingerprint density at radius 2 is 1.43 bits per heavy atom. The average molecular weight is 304 g/mol. The van der Waals surface area contributed by atoms with Gasteiger partial charge in [-0.15, -0.1) is 0 Å². The third-order valence-electron chi connectivity index (χ3n) is 2.68. The highest BCUT2D eigenvalue weighted by atomic mass is 19.2. The maximum Gasteiger partial charge on any atom is 0.207 e. The molecule has 112 valence electrons. The first-order chi connectivity index (χ1) is 9.86. The van der Waals surface area contributed by atoms with Gasteiger partial charge in [-0.3, -0.25) is 0 Å². The number of rotatable bonds is 3. The zero-order valence-corrected chi connectivity index (χ0v) is 10.6. The Morgan fingerprint density at radius 1 is 0.905 bits per heavy atom. The molecule has 0 aromatic heterocycles. The van der Waals surface area contributed by atoms with Gasteiger partial charge < -0.3 is 15.8 Å². The molecule has 0 fully saturated rings. The lowest BCUT2D eigenvalue weighted by Gasteiger charge is -2.12. The molecule has 0 saturated carbocycles. The smallest absolute Gasteiger partial charge is 0.207 e. The summed E-state index contributed by atoms with van der Waals surface area (Å²) in [5.74, 6) is -12.0. The van der Waals surface area contributed by atoms with Crippen molar-refractivity contribution in [1.82, 2.24) is 0 Å². The molecule has 0 atom stereocenters. The Kier molecular flexibility index (Phi) is 3.88. The summed E-state index contributed by atoms with van der Waals surface area (Å²) in [7, 11) is 1.54. The molecule has 0 amide bonds. The van der Waals surface area contributed by atoms with Gasteiger partial charge in [-0.05, 0) is 12.1 Å². The molecule has 0 aliphatic rings. The lowest BCUT2D eigenvalue weighted by molar-refractivity contribution is 0.332. The Labute approximate surface area is 116 Å². The highest BCUT2D eigenvalue weighted by molar-refractivity contribution is 5.68. The molecule has 0 spiro atoms. The van der Waals surface area contributed by atoms with E-state index in [1.54, 1.807) is 0 Å². The molecular formula is C13H9F5N2O. The van der Waals surface area contributed by atoms with E-state index in [4.69, 9.17) is 10.5 Å². The van der Waals surface area contributed by atoms with E-state index in [-0.39, 0.29) is 5.75 Å². The van der Waals surface area contributed by atoms with Gasteiger partial charge in [0.1, 0.15) is 5.75 Å². The van der Waals surface area contributed by atoms with Gasteiger partial charge in [0.15, 0.2) is 0 Å². The van der Waals surface area contributed by atoms with Gasteiger partial charge in [0.05, 0.1) is 11.4 Å². The van der Waals surface area contributed by atoms with Crippen LogP contribution in [-0.2, 0) is 0 Å². The SMILES string of the molecule is CNc1cc(Oc2c(F)c(F)c(F)c(F)c2F)ccc1N. The number of benzene rings is 2. The molecule has 3 N–H and O–H groups in total. The number of anilines is 2. The fourth-order valence-electron chi connectivity index (χ4n) is 1.61. The van der Waals surface area contributed by atoms with Crippen LogP contribution in [0.1, 0.15) is 0 Å². The summed E-state index contributed by atoms with van der Waals surface area (Å²) >= 11 is 0. The largest absolute Gasteiger partial charge is 0.451 e. The van der Waals surface area contributed by atoms with Crippen LogP contribution in [0.4, 0.5) is 33.3 Å². The number of nitrogen functional groups attached to an aromatic ring is 1. The number of hydrogen-bond donors (Lipinski definition) is 2. The van der Waals surface area contributed by atoms with Crippen molar-refractivity contribution in [1.29, 1.82) is 0 Å². The lowest BCUT2D eigenvalue weighted by atomic mass is 10.2. The summed E-state index contributed by atoms with van der Waals surface area (Å²) in [5, 5.41) is 2.68. The molecule has 0 aliphatic carbocycles. The summed E-state index contributed by atoms with van der Waals surface area (Å²) in [4.78, 5) is 0. The predicted molar refractivity (Wildman–Crippen MR) is 66.7 cm³/mol. The molecule has 8 heteroatoms. The number of hydrogen-bond acceptors (Lipinski definition) is 3. The molecular weight excluding hydrogens is 295 g/mol. The summed E-state index contributed by atoms with van der Waals surface area (Å²) in [6.07, 6.45) is 0. The molecule has 0 aliphatic heterocycles. The fraction of sp³-hybridized carbons (Fsp3) is 0.0769. The van der Waals surface area contributed by atoms with Crippen LogP contribution in [-0.4, -0.2) is 7.05 Å². The van der Waals surface area contributed by atoms with Crippen molar-refractivity contribution in [3.8, 4) is 11.5 Å². The maximum atomic E-state index is 13.5. The van der Waals surface area contributed by atoms with Gasteiger partial charge in [0.25, 0.3) is 0 Å². The van der Waals surface area contributed by atoms with Gasteiger partial charge in [-0.2, -0.15) is 8.78 Å². The van der Waals surface area contributed by atoms with E-state index >= 15 is 0 Å². The topological polar surface area (TPSA) is 47.3 Å². The van der Waals surface area contributed by atoms with E-state index < -0.39 is 34.8 Å². The van der Waals surface area contributed by atoms with Gasteiger partial charge in [0.2, 0.25) is 34.8 Å². The summed E-state index contributed by atoms with van der Waals surface area (Å²) in [6, 6.07) is 3.84. The standard InChI is InChI=1S/C13H9F5N2O/c1-20-7-4-5(2-3-6(7)19)21-13-11(17)9(15)8(14)10(16)12(13)18/h2-4,20H,19H2,1H3. The number of ether oxygens (including phenoxy) is 1. The van der Waals surface area contributed by atoms with Crippen molar-refractivity contribution in [2.24, 2.45) is 0 Å². The zero-order chi connectivity index (χ0) is 15.7. The van der Waals surface area contributed by atoms with Crippen molar-refractivity contribution in [2.45, 2.75) is 0 Å². The molecule has 0 bridgehead atoms. The number of halogens is 5. The highest BCUT2D eigenvalue weighted by Crippen LogP contribution is 2.34. The molecule has 0 radical (unpaired) electrons. The van der Waals surface area contributed by atoms with E-state index in [9.17, 15) is 22.0 Å². The Balaban J connectivity index is 2.50. The van der Waals surface area contributed by atoms with Crippen LogP contribution in [0.3, 0.4) is 0 Å². The van der Waals surface area contributed by atoms with Crippen LogP contribution < -0.4 is 15.8 Å². The summed E-state index contributed by atoms with van der Waals surface area (Å²) < 4.78 is 70.7. The first-order valence-electron chi connectivity index (χ1n) is 5.63. The second-order valence-corrected chi connectivity index (χ2v) is 4.00. The monoisotopic (exact) mass is 304 g/mol. The Hall–Kier alpha value is -2.51. The minimum Gasteiger partial charge on any atom is -0.451 e. The van der Waals surface area contributed by atoms with Gasteiger partial charge in [0, 0.05) is 13.1 Å². The lowest BCUT2D eigenvalue weighted by Crippen LogP contribution is -2.04. The molecule has 2 aromatic carbocycles. The van der Waals surface area contributed by atoms with Crippen molar-refractivity contribution >= 4 is 11.4 Å². The van der Waals surface area contributed by atoms with Crippen molar-refractivity contribution in [3.63, 3.8) is 0 Å². The summed E-state index contributed by atoms with van der Waals surface area (Å²) in [6.45, 7) is 0. The molecule has 0 saturated heterocycles. The molecule has 0 unspecified atom stereocenters. The normalized spacial score (nSPS) is 10.6. The summed E-state index contributed by atoms with van der Waals surface area (Å²) in [5.41, 5.74) is 6.28. The van der Waals surface area contributed by atoms with Crippen LogP contribution in [0.25, 0.3) is 0 Å². The number of nitrogens with two attached hydrogens (primary N) is 1. The zero-order valence-electron chi connectivity index (χ0n) is 10.6. The van der Waals surface area contributed by atoms with Crippen molar-refractivity contribution in [2.75, 3.05) is 18.1 Å². The van der Waals surface area contributed by atoms with Crippen molar-refractivity contribution in [3.05, 3.63) is 47.3 Å². The second-order valence-electron chi connectivity index (χ2n) is 4.00. The van der Waals surface area contributed by atoms with E-state index in [1.807, 2.05) is 0 Å². The van der Waals surface area contributed by atoms with E-state index in [0.29, 0.717) is 11.4 Å². The second kappa shape index (κ2) is 5.47. The minimum absolute atomic E-state index is 0.142. The molecule has 2 rings (SSSR count). The van der Waals surface area contributed by atoms with E-state index in [0.717, 1.165) is 0 Å². The van der Waals surface area contributed by atoms with Gasteiger partial charge in [-0.1, -0.05) is 0 Å². The van der Waals surface area contributed by atoms with Gasteiger partial charge >= 0.3 is 0 Å². The van der Waals surface area contributed by atoms with Crippen LogP contribution >= 0.6 is 0 Å². The van der Waals surface area contributed by atoms with E-state index in [1.165, 1.54) is 25.2 Å². The van der Waals surface area contributed by atoms with Crippen LogP contribution in [0.2, 0.25) is 0 Å². The minimum atomic E-state index is -2.24. The number of nitrogens with one attached hydrogen (secondary N) is 1. The Bertz CT molecular complexity index is 676. The molecule has 0 heterocycles. The third-order valence-corrected chi connectivity index (χ3v) is 2.68. The first kappa shape index (κ1) is 14.9. The molecule has 3 nitrogen and oxygen atoms in total. The fourth-order valence-corrected chi connectivity index (χ4v) is 1.61. The third kappa shape index (κ3) is 2.56. The average Bonchev–Trinajstić information content (AvgIpc) is 2.49. The van der Waals surface area contributed by atoms with Crippen LogP contribution in [0.15, 0.2) is 18.2 Å². The van der Waals surface area contributed by atoms with Crippen molar-refractivity contribution < 1.29 is 26.7 Å². The van der Waals surface area contributed by atoms with Gasteiger partial charge in [-0.25, -0.2) is 13.2 Å². The first-order valence-corrected chi connectivity index (χ1v) is 5.63. The predicted octanol–water partition coefficient (Wildman–Crippen LogP) is 3.80. The highest BCUT2D eigenvalue weighted by Gasteiger charge is 2.27.